The van der Waals surface area contributed by atoms with E-state index in [2.05, 4.69) is 0 Å². The minimum Gasteiger partial charge on any atom is -0.422 e. The van der Waals surface area contributed by atoms with Crippen LogP contribution in [0.2, 0.25) is 0 Å². The molecule has 2 rings (SSSR count). The zero-order valence-electron chi connectivity index (χ0n) is 11.4. The molecule has 0 aromatic rings. The molecule has 0 unspecified atom stereocenters. The van der Waals surface area contributed by atoms with E-state index in [1.54, 1.807) is 0 Å². The van der Waals surface area contributed by atoms with Gasteiger partial charge in [0.1, 0.15) is 5.78 Å². The number of carbonyl (C=O) groups is 3. The quantitative estimate of drug-likeness (QED) is 0.578. The van der Waals surface area contributed by atoms with E-state index in [1.807, 2.05) is 0 Å². The van der Waals surface area contributed by atoms with Gasteiger partial charge in [-0.25, -0.2) is 0 Å². The second-order valence-electron chi connectivity index (χ2n) is 5.80. The summed E-state index contributed by atoms with van der Waals surface area (Å²) in [6.07, 6.45) is 4.89. The highest BCUT2D eigenvalue weighted by atomic mass is 16.7. The number of hydrogen-bond donors (Lipinski definition) is 0. The molecule has 1 aliphatic carbocycles. The van der Waals surface area contributed by atoms with Crippen LogP contribution in [0.25, 0.3) is 0 Å². The van der Waals surface area contributed by atoms with Gasteiger partial charge in [-0.2, -0.15) is 0 Å². The number of esters is 2. The Labute approximate surface area is 112 Å². The van der Waals surface area contributed by atoms with E-state index >= 15 is 0 Å². The summed E-state index contributed by atoms with van der Waals surface area (Å²) in [7, 11) is 0. The van der Waals surface area contributed by atoms with Crippen LogP contribution in [0.4, 0.5) is 0 Å². The molecule has 1 heterocycles. The molecule has 1 aliphatic heterocycles. The molecule has 1 saturated heterocycles. The number of hydrogen-bond acceptors (Lipinski definition) is 5. The Hall–Kier alpha value is -1.39. The van der Waals surface area contributed by atoms with Crippen LogP contribution in [0.1, 0.15) is 52.4 Å². The molecule has 0 atom stereocenters. The van der Waals surface area contributed by atoms with E-state index in [4.69, 9.17) is 9.47 Å². The van der Waals surface area contributed by atoms with Crippen molar-refractivity contribution in [2.45, 2.75) is 58.2 Å². The summed E-state index contributed by atoms with van der Waals surface area (Å²) in [6.45, 7) is 3.00. The third-order valence-electron chi connectivity index (χ3n) is 3.73. The molecule has 106 valence electrons. The van der Waals surface area contributed by atoms with Gasteiger partial charge in [-0.05, 0) is 12.8 Å². The van der Waals surface area contributed by atoms with Gasteiger partial charge in [0.05, 0.1) is 0 Å². The minimum atomic E-state index is -1.22. The van der Waals surface area contributed by atoms with Crippen molar-refractivity contribution in [2.24, 2.45) is 11.8 Å². The lowest BCUT2D eigenvalue weighted by molar-refractivity contribution is -0.240. The van der Waals surface area contributed by atoms with Crippen LogP contribution in [0, 0.1) is 11.8 Å². The SMILES string of the molecule is CC1(C)OC(=O)C(CC(=O)C2CCCCC2)C(=O)O1. The maximum atomic E-state index is 12.1. The molecule has 0 spiro atoms. The topological polar surface area (TPSA) is 69.7 Å². The largest absolute Gasteiger partial charge is 0.422 e. The second kappa shape index (κ2) is 5.31. The Morgan fingerprint density at radius 2 is 1.63 bits per heavy atom. The Bertz CT molecular complexity index is 373. The Kier molecular flexibility index (Phi) is 3.92. The summed E-state index contributed by atoms with van der Waals surface area (Å²) in [5, 5.41) is 0. The minimum absolute atomic E-state index is 0.00992. The summed E-state index contributed by atoms with van der Waals surface area (Å²) in [5.74, 6) is -3.63. The number of Topliss-reactive ketones (excluding diaryl/α,β-unsaturated/α-hetero) is 1. The highest BCUT2D eigenvalue weighted by molar-refractivity contribution is 6.00. The molecule has 19 heavy (non-hydrogen) atoms. The van der Waals surface area contributed by atoms with Gasteiger partial charge in [0.2, 0.25) is 0 Å². The molecule has 5 nitrogen and oxygen atoms in total. The van der Waals surface area contributed by atoms with Crippen molar-refractivity contribution in [3.8, 4) is 0 Å². The van der Waals surface area contributed by atoms with Crippen LogP contribution in [-0.2, 0) is 23.9 Å². The van der Waals surface area contributed by atoms with Crippen LogP contribution in [0.3, 0.4) is 0 Å². The van der Waals surface area contributed by atoms with Crippen molar-refractivity contribution < 1.29 is 23.9 Å². The average Bonchev–Trinajstić information content (AvgIpc) is 2.33. The van der Waals surface area contributed by atoms with Crippen molar-refractivity contribution in [1.82, 2.24) is 0 Å². The standard InChI is InChI=1S/C14H20O5/c1-14(2)18-12(16)10(13(17)19-14)8-11(15)9-6-4-3-5-7-9/h9-10H,3-8H2,1-2H3. The monoisotopic (exact) mass is 268 g/mol. The van der Waals surface area contributed by atoms with Crippen LogP contribution in [-0.4, -0.2) is 23.5 Å². The smallest absolute Gasteiger partial charge is 0.324 e. The lowest BCUT2D eigenvalue weighted by Gasteiger charge is -2.33. The third-order valence-corrected chi connectivity index (χ3v) is 3.73. The molecule has 2 fully saturated rings. The highest BCUT2D eigenvalue weighted by Crippen LogP contribution is 2.29. The molecule has 1 saturated carbocycles. The van der Waals surface area contributed by atoms with Crippen molar-refractivity contribution in [3.05, 3.63) is 0 Å². The first-order valence-corrected chi connectivity index (χ1v) is 6.87. The fourth-order valence-corrected chi connectivity index (χ4v) is 2.70. The molecule has 0 aromatic carbocycles. The molecule has 5 heteroatoms. The Morgan fingerprint density at radius 3 is 2.16 bits per heavy atom. The number of cyclic esters (lactones) is 2. The fraction of sp³-hybridized carbons (Fsp3) is 0.786. The fourth-order valence-electron chi connectivity index (χ4n) is 2.70. The molecular formula is C14H20O5. The van der Waals surface area contributed by atoms with E-state index in [0.717, 1.165) is 32.1 Å². The van der Waals surface area contributed by atoms with Gasteiger partial charge in [-0.15, -0.1) is 0 Å². The number of ketones is 1. The Morgan fingerprint density at radius 1 is 1.11 bits per heavy atom. The van der Waals surface area contributed by atoms with E-state index in [0.29, 0.717) is 0 Å². The number of carbonyl (C=O) groups excluding carboxylic acids is 3. The van der Waals surface area contributed by atoms with Gasteiger partial charge in [0.15, 0.2) is 5.92 Å². The predicted molar refractivity (Wildman–Crippen MR) is 66.0 cm³/mol. The summed E-state index contributed by atoms with van der Waals surface area (Å²) >= 11 is 0. The first-order valence-electron chi connectivity index (χ1n) is 6.87. The zero-order valence-corrected chi connectivity index (χ0v) is 11.4. The second-order valence-corrected chi connectivity index (χ2v) is 5.80. The van der Waals surface area contributed by atoms with Crippen molar-refractivity contribution in [3.63, 3.8) is 0 Å². The summed E-state index contributed by atoms with van der Waals surface area (Å²) < 4.78 is 10.0. The van der Waals surface area contributed by atoms with Crippen molar-refractivity contribution in [1.29, 1.82) is 0 Å². The Balaban J connectivity index is 1.96. The first kappa shape index (κ1) is 14.0. The molecule has 2 aliphatic rings. The van der Waals surface area contributed by atoms with E-state index in [-0.39, 0.29) is 18.1 Å². The van der Waals surface area contributed by atoms with Crippen LogP contribution >= 0.6 is 0 Å². The van der Waals surface area contributed by atoms with E-state index in [1.165, 1.54) is 13.8 Å². The van der Waals surface area contributed by atoms with Crippen molar-refractivity contribution >= 4 is 17.7 Å². The summed E-state index contributed by atoms with van der Waals surface area (Å²) in [6, 6.07) is 0. The molecular weight excluding hydrogens is 248 g/mol. The lowest BCUT2D eigenvalue weighted by Crippen LogP contribution is -2.47. The molecule has 0 N–H and O–H groups in total. The first-order chi connectivity index (χ1) is 8.89. The highest BCUT2D eigenvalue weighted by Gasteiger charge is 2.44. The predicted octanol–water partition coefficient (Wildman–Crippen LogP) is 1.98. The van der Waals surface area contributed by atoms with E-state index in [9.17, 15) is 14.4 Å². The molecule has 0 amide bonds. The van der Waals surface area contributed by atoms with Gasteiger partial charge in [0.25, 0.3) is 5.79 Å². The normalized spacial score (nSPS) is 24.7. The lowest BCUT2D eigenvalue weighted by atomic mass is 9.83. The maximum Gasteiger partial charge on any atom is 0.324 e. The van der Waals surface area contributed by atoms with Gasteiger partial charge in [0, 0.05) is 26.2 Å². The number of rotatable bonds is 3. The van der Waals surface area contributed by atoms with E-state index < -0.39 is 23.6 Å². The van der Waals surface area contributed by atoms with Crippen LogP contribution in [0.5, 0.6) is 0 Å². The zero-order chi connectivity index (χ0) is 14.0. The van der Waals surface area contributed by atoms with Crippen LogP contribution < -0.4 is 0 Å². The molecule has 0 aromatic heterocycles. The summed E-state index contributed by atoms with van der Waals surface area (Å²) in [4.78, 5) is 35.6. The van der Waals surface area contributed by atoms with Crippen molar-refractivity contribution in [2.75, 3.05) is 0 Å². The molecule has 0 bridgehead atoms. The average molecular weight is 268 g/mol. The van der Waals surface area contributed by atoms with Gasteiger partial charge in [-0.1, -0.05) is 19.3 Å². The summed E-state index contributed by atoms with van der Waals surface area (Å²) in [5.41, 5.74) is 0. The third kappa shape index (κ3) is 3.33. The molecule has 0 radical (unpaired) electrons. The van der Waals surface area contributed by atoms with Gasteiger partial charge < -0.3 is 9.47 Å². The van der Waals surface area contributed by atoms with Crippen LogP contribution in [0.15, 0.2) is 0 Å². The maximum absolute atomic E-state index is 12.1. The number of ether oxygens (including phenoxy) is 2. The van der Waals surface area contributed by atoms with Gasteiger partial charge in [-0.3, -0.25) is 14.4 Å². The van der Waals surface area contributed by atoms with Gasteiger partial charge >= 0.3 is 11.9 Å².